The highest BCUT2D eigenvalue weighted by atomic mass is 19.4. The van der Waals surface area contributed by atoms with Gasteiger partial charge in [-0.2, -0.15) is 13.2 Å². The van der Waals surface area contributed by atoms with Crippen molar-refractivity contribution >= 4 is 6.09 Å². The van der Waals surface area contributed by atoms with Crippen molar-refractivity contribution in [2.75, 3.05) is 39.9 Å². The standard InChI is InChI=1S/C20H27F3N2O4/c1-27-16-4-2-15(3-5-16)12-28-13-17(20(21,22)23)29-18(26)25-10-7-19(8-11-25)6-9-24-14-19/h2-5,17,24H,6-14H2,1H3. The van der Waals surface area contributed by atoms with Crippen LogP contribution in [0.2, 0.25) is 0 Å². The van der Waals surface area contributed by atoms with Crippen molar-refractivity contribution in [2.45, 2.75) is 38.1 Å². The summed E-state index contributed by atoms with van der Waals surface area (Å²) in [6, 6.07) is 6.80. The van der Waals surface area contributed by atoms with E-state index < -0.39 is 25.0 Å². The lowest BCUT2D eigenvalue weighted by atomic mass is 9.78. The van der Waals surface area contributed by atoms with Gasteiger partial charge in [0.1, 0.15) is 5.75 Å². The minimum atomic E-state index is -4.69. The van der Waals surface area contributed by atoms with E-state index in [-0.39, 0.29) is 12.0 Å². The van der Waals surface area contributed by atoms with Gasteiger partial charge in [0.2, 0.25) is 6.10 Å². The monoisotopic (exact) mass is 416 g/mol. The molecule has 0 bridgehead atoms. The van der Waals surface area contributed by atoms with Gasteiger partial charge in [0.25, 0.3) is 0 Å². The van der Waals surface area contributed by atoms with Crippen molar-refractivity contribution in [3.63, 3.8) is 0 Å². The second-order valence-electron chi connectivity index (χ2n) is 7.69. The molecule has 29 heavy (non-hydrogen) atoms. The van der Waals surface area contributed by atoms with Crippen LogP contribution in [0, 0.1) is 5.41 Å². The number of hydrogen-bond donors (Lipinski definition) is 1. The largest absolute Gasteiger partial charge is 0.497 e. The highest BCUT2D eigenvalue weighted by Gasteiger charge is 2.45. The van der Waals surface area contributed by atoms with Crippen molar-refractivity contribution in [3.8, 4) is 5.75 Å². The number of halogens is 3. The summed E-state index contributed by atoms with van der Waals surface area (Å²) in [5.41, 5.74) is 0.867. The average molecular weight is 416 g/mol. The molecule has 1 amide bonds. The molecule has 2 saturated heterocycles. The molecule has 6 nitrogen and oxygen atoms in total. The average Bonchev–Trinajstić information content (AvgIpc) is 3.15. The zero-order valence-electron chi connectivity index (χ0n) is 16.5. The Kier molecular flexibility index (Phi) is 6.89. The summed E-state index contributed by atoms with van der Waals surface area (Å²) in [6.45, 7) is 1.91. The second-order valence-corrected chi connectivity index (χ2v) is 7.69. The van der Waals surface area contributed by atoms with Crippen LogP contribution in [0.1, 0.15) is 24.8 Å². The molecule has 1 N–H and O–H groups in total. The fraction of sp³-hybridized carbons (Fsp3) is 0.650. The summed E-state index contributed by atoms with van der Waals surface area (Å²) < 4.78 is 54.9. The van der Waals surface area contributed by atoms with Crippen LogP contribution in [0.4, 0.5) is 18.0 Å². The third-order valence-electron chi connectivity index (χ3n) is 5.72. The number of ether oxygens (including phenoxy) is 3. The number of nitrogens with one attached hydrogen (secondary N) is 1. The number of alkyl halides is 3. The number of methoxy groups -OCH3 is 1. The normalized spacial score (nSPS) is 19.9. The third-order valence-corrected chi connectivity index (χ3v) is 5.72. The van der Waals surface area contributed by atoms with Crippen LogP contribution in [0.25, 0.3) is 0 Å². The van der Waals surface area contributed by atoms with Crippen LogP contribution in [-0.4, -0.2) is 63.2 Å². The van der Waals surface area contributed by atoms with Gasteiger partial charge in [-0.3, -0.25) is 0 Å². The van der Waals surface area contributed by atoms with E-state index in [0.29, 0.717) is 24.4 Å². The van der Waals surface area contributed by atoms with Gasteiger partial charge in [0.15, 0.2) is 0 Å². The number of piperidine rings is 1. The van der Waals surface area contributed by atoms with Gasteiger partial charge in [0, 0.05) is 19.6 Å². The summed E-state index contributed by atoms with van der Waals surface area (Å²) in [5.74, 6) is 0.646. The van der Waals surface area contributed by atoms with Crippen molar-refractivity contribution in [1.82, 2.24) is 10.2 Å². The molecule has 0 aromatic heterocycles. The molecule has 0 saturated carbocycles. The van der Waals surface area contributed by atoms with Gasteiger partial charge < -0.3 is 24.4 Å². The summed E-state index contributed by atoms with van der Waals surface area (Å²) in [5, 5.41) is 3.31. The van der Waals surface area contributed by atoms with Crippen LogP contribution >= 0.6 is 0 Å². The number of nitrogens with zero attached hydrogens (tertiary/aromatic N) is 1. The van der Waals surface area contributed by atoms with Gasteiger partial charge in [-0.15, -0.1) is 0 Å². The molecule has 9 heteroatoms. The maximum Gasteiger partial charge on any atom is 0.427 e. The summed E-state index contributed by atoms with van der Waals surface area (Å²) >= 11 is 0. The second kappa shape index (κ2) is 9.21. The molecular weight excluding hydrogens is 389 g/mol. The Morgan fingerprint density at radius 1 is 1.21 bits per heavy atom. The minimum absolute atomic E-state index is 0.0205. The Morgan fingerprint density at radius 2 is 1.90 bits per heavy atom. The number of rotatable bonds is 6. The maximum absolute atomic E-state index is 13.3. The van der Waals surface area contributed by atoms with E-state index in [1.54, 1.807) is 24.3 Å². The van der Waals surface area contributed by atoms with E-state index in [0.717, 1.165) is 32.4 Å². The van der Waals surface area contributed by atoms with E-state index in [1.165, 1.54) is 12.0 Å². The molecule has 1 atom stereocenters. The molecule has 3 rings (SSSR count). The lowest BCUT2D eigenvalue weighted by Crippen LogP contribution is -2.47. The Balaban J connectivity index is 1.48. The van der Waals surface area contributed by atoms with Gasteiger partial charge in [-0.1, -0.05) is 12.1 Å². The molecule has 1 spiro atoms. The number of likely N-dealkylation sites (tertiary alicyclic amines) is 1. The van der Waals surface area contributed by atoms with Gasteiger partial charge >= 0.3 is 12.3 Å². The summed E-state index contributed by atoms with van der Waals surface area (Å²) in [7, 11) is 1.53. The molecule has 2 fully saturated rings. The summed E-state index contributed by atoms with van der Waals surface area (Å²) in [6.07, 6.45) is -5.32. The van der Waals surface area contributed by atoms with Crippen LogP contribution in [0.15, 0.2) is 24.3 Å². The van der Waals surface area contributed by atoms with E-state index in [9.17, 15) is 18.0 Å². The van der Waals surface area contributed by atoms with E-state index in [2.05, 4.69) is 5.32 Å². The molecule has 0 aliphatic carbocycles. The van der Waals surface area contributed by atoms with Crippen molar-refractivity contribution in [1.29, 1.82) is 0 Å². The lowest BCUT2D eigenvalue weighted by Gasteiger charge is -2.38. The predicted molar refractivity (Wildman–Crippen MR) is 99.7 cm³/mol. The van der Waals surface area contributed by atoms with Crippen LogP contribution in [-0.2, 0) is 16.1 Å². The van der Waals surface area contributed by atoms with Gasteiger partial charge in [-0.05, 0) is 48.9 Å². The van der Waals surface area contributed by atoms with Crippen molar-refractivity contribution in [3.05, 3.63) is 29.8 Å². The van der Waals surface area contributed by atoms with Crippen LogP contribution in [0.5, 0.6) is 5.75 Å². The summed E-state index contributed by atoms with van der Waals surface area (Å²) in [4.78, 5) is 13.6. The molecule has 2 heterocycles. The highest BCUT2D eigenvalue weighted by molar-refractivity contribution is 5.68. The number of amides is 1. The predicted octanol–water partition coefficient (Wildman–Crippen LogP) is 3.35. The molecule has 1 aromatic carbocycles. The number of carbonyl (C=O) groups excluding carboxylic acids is 1. The van der Waals surface area contributed by atoms with E-state index in [1.807, 2.05) is 0 Å². The van der Waals surface area contributed by atoms with Crippen molar-refractivity contribution < 1.29 is 32.2 Å². The molecule has 1 unspecified atom stereocenters. The Labute approximate surface area is 168 Å². The number of carbonyl (C=O) groups is 1. The first-order valence-electron chi connectivity index (χ1n) is 9.75. The van der Waals surface area contributed by atoms with E-state index in [4.69, 9.17) is 14.2 Å². The molecular formula is C20H27F3N2O4. The SMILES string of the molecule is COc1ccc(COCC(OC(=O)N2CCC3(CCNC3)CC2)C(F)(F)F)cc1. The first kappa shape index (κ1) is 21.7. The highest BCUT2D eigenvalue weighted by Crippen LogP contribution is 2.37. The molecule has 2 aliphatic heterocycles. The Bertz CT molecular complexity index is 665. The zero-order valence-corrected chi connectivity index (χ0v) is 16.5. The van der Waals surface area contributed by atoms with Gasteiger partial charge in [0.05, 0.1) is 20.3 Å². The van der Waals surface area contributed by atoms with Crippen LogP contribution in [0.3, 0.4) is 0 Å². The molecule has 0 radical (unpaired) electrons. The molecule has 1 aromatic rings. The smallest absolute Gasteiger partial charge is 0.427 e. The first-order valence-corrected chi connectivity index (χ1v) is 9.75. The Hall–Kier alpha value is -2.00. The fourth-order valence-electron chi connectivity index (χ4n) is 3.78. The van der Waals surface area contributed by atoms with E-state index >= 15 is 0 Å². The van der Waals surface area contributed by atoms with Gasteiger partial charge in [-0.25, -0.2) is 4.79 Å². The van der Waals surface area contributed by atoms with Crippen LogP contribution < -0.4 is 10.1 Å². The first-order chi connectivity index (χ1) is 13.8. The quantitative estimate of drug-likeness (QED) is 0.771. The zero-order chi connectivity index (χ0) is 20.9. The van der Waals surface area contributed by atoms with Crippen molar-refractivity contribution in [2.24, 2.45) is 5.41 Å². The fourth-order valence-corrected chi connectivity index (χ4v) is 3.78. The Morgan fingerprint density at radius 3 is 2.45 bits per heavy atom. The third kappa shape index (κ3) is 5.76. The molecule has 162 valence electrons. The topological polar surface area (TPSA) is 60.0 Å². The molecule has 2 aliphatic rings. The number of hydrogen-bond acceptors (Lipinski definition) is 5. The maximum atomic E-state index is 13.3. The number of benzene rings is 1. The minimum Gasteiger partial charge on any atom is -0.497 e. The lowest BCUT2D eigenvalue weighted by molar-refractivity contribution is -0.220.